The van der Waals surface area contributed by atoms with Gasteiger partial charge in [-0.15, -0.1) is 0 Å². The van der Waals surface area contributed by atoms with E-state index in [0.717, 1.165) is 24.5 Å². The number of hydrogen-bond acceptors (Lipinski definition) is 3. The molecule has 0 unspecified atom stereocenters. The van der Waals surface area contributed by atoms with E-state index in [1.807, 2.05) is 11.8 Å². The van der Waals surface area contributed by atoms with Crippen LogP contribution in [0.1, 0.15) is 12.8 Å². The maximum absolute atomic E-state index is 8.18. The Morgan fingerprint density at radius 3 is 2.90 bits per heavy atom. The molecule has 0 aliphatic carbocycles. The van der Waals surface area contributed by atoms with E-state index in [4.69, 9.17) is 10.00 Å². The first-order chi connectivity index (χ1) is 4.91. The average molecular weight is 159 g/mol. The number of rotatable bonds is 6. The van der Waals surface area contributed by atoms with Crippen molar-refractivity contribution < 1.29 is 4.74 Å². The highest BCUT2D eigenvalue weighted by Gasteiger charge is 1.87. The first kappa shape index (κ1) is 9.80. The molecule has 0 radical (unpaired) electrons. The highest BCUT2D eigenvalue weighted by atomic mass is 32.2. The zero-order chi connectivity index (χ0) is 7.66. The van der Waals surface area contributed by atoms with Crippen LogP contribution in [0.4, 0.5) is 0 Å². The molecule has 10 heavy (non-hydrogen) atoms. The molecule has 0 fully saturated rings. The van der Waals surface area contributed by atoms with Crippen LogP contribution in [0.25, 0.3) is 0 Å². The highest BCUT2D eigenvalue weighted by molar-refractivity contribution is 7.99. The molecular formula is C7H13NOS. The summed E-state index contributed by atoms with van der Waals surface area (Å²) in [6, 6.07) is 2.11. The molecule has 0 rings (SSSR count). The van der Waals surface area contributed by atoms with Gasteiger partial charge in [0.1, 0.15) is 0 Å². The van der Waals surface area contributed by atoms with Crippen LogP contribution in [0, 0.1) is 11.3 Å². The third-order valence-electron chi connectivity index (χ3n) is 0.995. The van der Waals surface area contributed by atoms with Crippen LogP contribution in [0.2, 0.25) is 0 Å². The van der Waals surface area contributed by atoms with Crippen molar-refractivity contribution in [2.45, 2.75) is 12.8 Å². The van der Waals surface area contributed by atoms with Crippen molar-refractivity contribution in [1.82, 2.24) is 0 Å². The number of hydrogen-bond donors (Lipinski definition) is 0. The standard InChI is InChI=1S/C7H13NOS/c1-9-5-3-7-10-6-2-4-8/h2-3,5-7H2,1H3. The van der Waals surface area contributed by atoms with Crippen molar-refractivity contribution in [1.29, 1.82) is 5.26 Å². The largest absolute Gasteiger partial charge is 0.385 e. The average Bonchev–Trinajstić information content (AvgIpc) is 1.97. The maximum atomic E-state index is 8.18. The van der Waals surface area contributed by atoms with Crippen LogP contribution in [0.5, 0.6) is 0 Å². The maximum Gasteiger partial charge on any atom is 0.0630 e. The van der Waals surface area contributed by atoms with E-state index in [9.17, 15) is 0 Å². The SMILES string of the molecule is COCCCSCCC#N. The minimum Gasteiger partial charge on any atom is -0.385 e. The van der Waals surface area contributed by atoms with Crippen molar-refractivity contribution in [2.75, 3.05) is 25.2 Å². The summed E-state index contributed by atoms with van der Waals surface area (Å²) in [5, 5.41) is 8.18. The fourth-order valence-corrected chi connectivity index (χ4v) is 1.29. The molecule has 0 aromatic rings. The van der Waals surface area contributed by atoms with E-state index in [2.05, 4.69) is 6.07 Å². The molecule has 0 aromatic heterocycles. The molecule has 2 nitrogen and oxygen atoms in total. The third kappa shape index (κ3) is 7.80. The molecule has 0 saturated heterocycles. The van der Waals surface area contributed by atoms with Crippen molar-refractivity contribution >= 4 is 11.8 Å². The van der Waals surface area contributed by atoms with E-state index in [0.29, 0.717) is 6.42 Å². The first-order valence-corrected chi connectivity index (χ1v) is 4.51. The minimum atomic E-state index is 0.664. The van der Waals surface area contributed by atoms with Gasteiger partial charge < -0.3 is 4.74 Å². The van der Waals surface area contributed by atoms with Crippen LogP contribution in [-0.2, 0) is 4.74 Å². The highest BCUT2D eigenvalue weighted by Crippen LogP contribution is 2.03. The molecule has 0 saturated carbocycles. The van der Waals surface area contributed by atoms with Gasteiger partial charge in [0.25, 0.3) is 0 Å². The lowest BCUT2D eigenvalue weighted by molar-refractivity contribution is 0.200. The lowest BCUT2D eigenvalue weighted by Crippen LogP contribution is -1.90. The number of nitrogens with zero attached hydrogens (tertiary/aromatic N) is 1. The summed E-state index contributed by atoms with van der Waals surface area (Å²) in [5.74, 6) is 2.07. The number of methoxy groups -OCH3 is 1. The normalized spacial score (nSPS) is 9.20. The van der Waals surface area contributed by atoms with Gasteiger partial charge in [-0.05, 0) is 12.2 Å². The Morgan fingerprint density at radius 1 is 1.50 bits per heavy atom. The molecule has 0 aliphatic rings. The second-order valence-corrected chi connectivity index (χ2v) is 3.09. The second kappa shape index (κ2) is 8.80. The molecule has 0 bridgehead atoms. The van der Waals surface area contributed by atoms with Gasteiger partial charge >= 0.3 is 0 Å². The Balaban J connectivity index is 2.72. The smallest absolute Gasteiger partial charge is 0.0630 e. The van der Waals surface area contributed by atoms with Crippen LogP contribution in [-0.4, -0.2) is 25.2 Å². The Morgan fingerprint density at radius 2 is 2.30 bits per heavy atom. The van der Waals surface area contributed by atoms with Crippen molar-refractivity contribution in [2.24, 2.45) is 0 Å². The zero-order valence-corrected chi connectivity index (χ0v) is 7.12. The molecule has 0 heterocycles. The van der Waals surface area contributed by atoms with Crippen LogP contribution < -0.4 is 0 Å². The second-order valence-electron chi connectivity index (χ2n) is 1.87. The summed E-state index contributed by atoms with van der Waals surface area (Å²) in [4.78, 5) is 0. The molecule has 0 amide bonds. The van der Waals surface area contributed by atoms with Gasteiger partial charge in [0.2, 0.25) is 0 Å². The predicted octanol–water partition coefficient (Wildman–Crippen LogP) is 1.67. The van der Waals surface area contributed by atoms with Crippen molar-refractivity contribution in [3.8, 4) is 6.07 Å². The molecule has 0 spiro atoms. The summed E-state index contributed by atoms with van der Waals surface area (Å²) in [5.41, 5.74) is 0. The summed E-state index contributed by atoms with van der Waals surface area (Å²) >= 11 is 1.82. The van der Waals surface area contributed by atoms with Gasteiger partial charge in [-0.2, -0.15) is 17.0 Å². The van der Waals surface area contributed by atoms with Gasteiger partial charge in [-0.25, -0.2) is 0 Å². The zero-order valence-electron chi connectivity index (χ0n) is 6.30. The van der Waals surface area contributed by atoms with E-state index in [1.54, 1.807) is 7.11 Å². The van der Waals surface area contributed by atoms with Gasteiger partial charge in [-0.1, -0.05) is 0 Å². The Labute approximate surface area is 66.6 Å². The topological polar surface area (TPSA) is 33.0 Å². The summed E-state index contributed by atoms with van der Waals surface area (Å²) in [7, 11) is 1.71. The van der Waals surface area contributed by atoms with Gasteiger partial charge in [0, 0.05) is 25.9 Å². The monoisotopic (exact) mass is 159 g/mol. The van der Waals surface area contributed by atoms with Gasteiger partial charge in [-0.3, -0.25) is 0 Å². The van der Waals surface area contributed by atoms with Crippen LogP contribution in [0.3, 0.4) is 0 Å². The minimum absolute atomic E-state index is 0.664. The number of ether oxygens (including phenoxy) is 1. The fraction of sp³-hybridized carbons (Fsp3) is 0.857. The van der Waals surface area contributed by atoms with Crippen molar-refractivity contribution in [3.63, 3.8) is 0 Å². The number of nitriles is 1. The van der Waals surface area contributed by atoms with E-state index in [1.165, 1.54) is 0 Å². The summed E-state index contributed by atoms with van der Waals surface area (Å²) in [6.45, 7) is 0.833. The molecule has 0 aromatic carbocycles. The Kier molecular flexibility index (Phi) is 8.62. The molecule has 0 atom stereocenters. The van der Waals surface area contributed by atoms with E-state index in [-0.39, 0.29) is 0 Å². The van der Waals surface area contributed by atoms with Crippen LogP contribution >= 0.6 is 11.8 Å². The quantitative estimate of drug-likeness (QED) is 0.553. The van der Waals surface area contributed by atoms with Crippen molar-refractivity contribution in [3.05, 3.63) is 0 Å². The summed E-state index contributed by atoms with van der Waals surface area (Å²) < 4.78 is 4.87. The van der Waals surface area contributed by atoms with E-state index >= 15 is 0 Å². The Bertz CT molecular complexity index is 100. The molecule has 3 heteroatoms. The first-order valence-electron chi connectivity index (χ1n) is 3.35. The Hall–Kier alpha value is -0.200. The third-order valence-corrected chi connectivity index (χ3v) is 2.07. The molecule has 0 aliphatic heterocycles. The number of thioether (sulfide) groups is 1. The van der Waals surface area contributed by atoms with Gasteiger partial charge in [0.05, 0.1) is 6.07 Å². The predicted molar refractivity (Wildman–Crippen MR) is 44.0 cm³/mol. The molecular weight excluding hydrogens is 146 g/mol. The van der Waals surface area contributed by atoms with Crippen LogP contribution in [0.15, 0.2) is 0 Å². The van der Waals surface area contributed by atoms with Gasteiger partial charge in [0.15, 0.2) is 0 Å². The molecule has 58 valence electrons. The van der Waals surface area contributed by atoms with E-state index < -0.39 is 0 Å². The fourth-order valence-electron chi connectivity index (χ4n) is 0.525. The lowest BCUT2D eigenvalue weighted by atomic mass is 10.5. The molecule has 0 N–H and O–H groups in total. The lowest BCUT2D eigenvalue weighted by Gasteiger charge is -1.96. The summed E-state index contributed by atoms with van der Waals surface area (Å²) in [6.07, 6.45) is 1.75.